The molecule has 1 aliphatic rings. The van der Waals surface area contributed by atoms with Crippen molar-refractivity contribution in [1.29, 1.82) is 0 Å². The highest BCUT2D eigenvalue weighted by Gasteiger charge is 2.24. The second-order valence-corrected chi connectivity index (χ2v) is 5.77. The Morgan fingerprint density at radius 3 is 2.90 bits per heavy atom. The summed E-state index contributed by atoms with van der Waals surface area (Å²) >= 11 is 0. The first-order chi connectivity index (χ1) is 10.4. The summed E-state index contributed by atoms with van der Waals surface area (Å²) in [6.45, 7) is 3.39. The van der Waals surface area contributed by atoms with Crippen LogP contribution in [-0.2, 0) is 6.61 Å². The first-order valence-electron chi connectivity index (χ1n) is 8.30. The maximum absolute atomic E-state index is 9.50. The fourth-order valence-electron chi connectivity index (χ4n) is 2.96. The SMILES string of the molecule is CCCCCCC#CC1CCCN1c1ccccc1CO. The Bertz CT molecular complexity index is 486. The lowest BCUT2D eigenvalue weighted by Crippen LogP contribution is -2.28. The summed E-state index contributed by atoms with van der Waals surface area (Å²) in [5, 5.41) is 9.50. The molecule has 0 saturated carbocycles. The molecule has 0 aromatic heterocycles. The topological polar surface area (TPSA) is 23.5 Å². The van der Waals surface area contributed by atoms with Crippen molar-refractivity contribution in [3.63, 3.8) is 0 Å². The van der Waals surface area contributed by atoms with Gasteiger partial charge in [-0.05, 0) is 25.3 Å². The van der Waals surface area contributed by atoms with Crippen molar-refractivity contribution in [2.24, 2.45) is 0 Å². The van der Waals surface area contributed by atoms with Gasteiger partial charge in [0, 0.05) is 24.2 Å². The number of para-hydroxylation sites is 1. The molecule has 1 heterocycles. The van der Waals surface area contributed by atoms with Gasteiger partial charge in [-0.25, -0.2) is 0 Å². The second-order valence-electron chi connectivity index (χ2n) is 5.77. The third kappa shape index (κ3) is 4.51. The monoisotopic (exact) mass is 285 g/mol. The Morgan fingerprint density at radius 1 is 1.24 bits per heavy atom. The van der Waals surface area contributed by atoms with Crippen molar-refractivity contribution in [3.05, 3.63) is 29.8 Å². The van der Waals surface area contributed by atoms with Gasteiger partial charge in [0.05, 0.1) is 12.6 Å². The van der Waals surface area contributed by atoms with Crippen molar-refractivity contribution in [1.82, 2.24) is 0 Å². The lowest BCUT2D eigenvalue weighted by atomic mass is 10.1. The molecule has 1 saturated heterocycles. The third-order valence-electron chi connectivity index (χ3n) is 4.15. The molecule has 1 aromatic rings. The van der Waals surface area contributed by atoms with Crippen LogP contribution in [0, 0.1) is 11.8 Å². The zero-order valence-corrected chi connectivity index (χ0v) is 13.1. The number of aliphatic hydroxyl groups is 1. The van der Waals surface area contributed by atoms with E-state index in [4.69, 9.17) is 0 Å². The molecule has 2 heteroatoms. The van der Waals surface area contributed by atoms with E-state index < -0.39 is 0 Å². The number of nitrogens with zero attached hydrogens (tertiary/aromatic N) is 1. The Morgan fingerprint density at radius 2 is 2.10 bits per heavy atom. The molecule has 0 radical (unpaired) electrons. The number of rotatable bonds is 6. The molecular weight excluding hydrogens is 258 g/mol. The molecule has 1 N–H and O–H groups in total. The second kappa shape index (κ2) is 8.74. The maximum atomic E-state index is 9.50. The van der Waals surface area contributed by atoms with E-state index in [0.29, 0.717) is 6.04 Å². The van der Waals surface area contributed by atoms with E-state index in [-0.39, 0.29) is 6.61 Å². The van der Waals surface area contributed by atoms with Gasteiger partial charge < -0.3 is 10.0 Å². The van der Waals surface area contributed by atoms with Crippen molar-refractivity contribution < 1.29 is 5.11 Å². The van der Waals surface area contributed by atoms with E-state index in [1.807, 2.05) is 18.2 Å². The fourth-order valence-corrected chi connectivity index (χ4v) is 2.96. The van der Waals surface area contributed by atoms with E-state index in [1.54, 1.807) is 0 Å². The van der Waals surface area contributed by atoms with Crippen LogP contribution >= 0.6 is 0 Å². The van der Waals surface area contributed by atoms with Crippen molar-refractivity contribution in [2.45, 2.75) is 64.5 Å². The molecule has 1 aromatic carbocycles. The third-order valence-corrected chi connectivity index (χ3v) is 4.15. The van der Waals surface area contributed by atoms with Crippen LogP contribution in [0.25, 0.3) is 0 Å². The zero-order chi connectivity index (χ0) is 14.9. The molecule has 1 unspecified atom stereocenters. The Labute approximate surface area is 129 Å². The van der Waals surface area contributed by atoms with E-state index >= 15 is 0 Å². The van der Waals surface area contributed by atoms with Crippen LogP contribution in [0.5, 0.6) is 0 Å². The van der Waals surface area contributed by atoms with E-state index in [2.05, 4.69) is 29.7 Å². The standard InChI is InChI=1S/C19H27NO/c1-2-3-4-5-6-7-12-18-13-10-15-20(18)19-14-9-8-11-17(19)16-21/h8-9,11,14,18,21H,2-6,10,13,15-16H2,1H3. The summed E-state index contributed by atoms with van der Waals surface area (Å²) in [5.41, 5.74) is 2.16. The largest absolute Gasteiger partial charge is 0.392 e. The Kier molecular flexibility index (Phi) is 6.63. The van der Waals surface area contributed by atoms with Crippen LogP contribution in [0.15, 0.2) is 24.3 Å². The van der Waals surface area contributed by atoms with Crippen LogP contribution in [0.3, 0.4) is 0 Å². The van der Waals surface area contributed by atoms with E-state index in [0.717, 1.165) is 30.6 Å². The van der Waals surface area contributed by atoms with Crippen molar-refractivity contribution in [2.75, 3.05) is 11.4 Å². The van der Waals surface area contributed by atoms with Crippen LogP contribution in [0.4, 0.5) is 5.69 Å². The van der Waals surface area contributed by atoms with Gasteiger partial charge in [-0.3, -0.25) is 0 Å². The first-order valence-corrected chi connectivity index (χ1v) is 8.30. The zero-order valence-electron chi connectivity index (χ0n) is 13.1. The number of anilines is 1. The summed E-state index contributed by atoms with van der Waals surface area (Å²) in [6.07, 6.45) is 8.47. The lowest BCUT2D eigenvalue weighted by Gasteiger charge is -2.25. The number of hydrogen-bond acceptors (Lipinski definition) is 2. The Balaban J connectivity index is 1.96. The summed E-state index contributed by atoms with van der Waals surface area (Å²) in [7, 11) is 0. The predicted octanol–water partition coefficient (Wildman–Crippen LogP) is 4.12. The van der Waals surface area contributed by atoms with Gasteiger partial charge in [0.15, 0.2) is 0 Å². The van der Waals surface area contributed by atoms with Crippen LogP contribution in [0.1, 0.15) is 57.4 Å². The molecule has 2 nitrogen and oxygen atoms in total. The molecule has 0 spiro atoms. The smallest absolute Gasteiger partial charge is 0.0904 e. The van der Waals surface area contributed by atoms with Crippen LogP contribution in [0.2, 0.25) is 0 Å². The van der Waals surface area contributed by atoms with Crippen molar-refractivity contribution in [3.8, 4) is 11.8 Å². The maximum Gasteiger partial charge on any atom is 0.0904 e. The summed E-state index contributed by atoms with van der Waals surface area (Å²) in [4.78, 5) is 2.37. The molecule has 0 amide bonds. The molecule has 21 heavy (non-hydrogen) atoms. The molecule has 1 fully saturated rings. The van der Waals surface area contributed by atoms with Crippen LogP contribution < -0.4 is 4.90 Å². The lowest BCUT2D eigenvalue weighted by molar-refractivity contribution is 0.282. The van der Waals surface area contributed by atoms with Gasteiger partial charge >= 0.3 is 0 Å². The van der Waals surface area contributed by atoms with Gasteiger partial charge in [-0.15, -0.1) is 5.92 Å². The minimum atomic E-state index is 0.101. The molecule has 1 aliphatic heterocycles. The molecule has 114 valence electrons. The highest BCUT2D eigenvalue weighted by Crippen LogP contribution is 2.28. The minimum absolute atomic E-state index is 0.101. The van der Waals surface area contributed by atoms with Gasteiger partial charge in [-0.1, -0.05) is 50.3 Å². The Hall–Kier alpha value is -1.46. The van der Waals surface area contributed by atoms with Gasteiger partial charge in [0.25, 0.3) is 0 Å². The number of hydrogen-bond donors (Lipinski definition) is 1. The predicted molar refractivity (Wildman–Crippen MR) is 89.3 cm³/mol. The van der Waals surface area contributed by atoms with Gasteiger partial charge in [0.1, 0.15) is 0 Å². The van der Waals surface area contributed by atoms with Gasteiger partial charge in [0.2, 0.25) is 0 Å². The van der Waals surface area contributed by atoms with Crippen LogP contribution in [-0.4, -0.2) is 17.7 Å². The first kappa shape index (κ1) is 15.9. The van der Waals surface area contributed by atoms with E-state index in [1.165, 1.54) is 32.1 Å². The highest BCUT2D eigenvalue weighted by atomic mass is 16.3. The molecule has 0 aliphatic carbocycles. The highest BCUT2D eigenvalue weighted by molar-refractivity contribution is 5.56. The quantitative estimate of drug-likeness (QED) is 0.628. The fraction of sp³-hybridized carbons (Fsp3) is 0.579. The average Bonchev–Trinajstić information content (AvgIpc) is 2.99. The number of aliphatic hydroxyl groups excluding tert-OH is 1. The molecular formula is C19H27NO. The molecule has 1 atom stereocenters. The summed E-state index contributed by atoms with van der Waals surface area (Å²) < 4.78 is 0. The van der Waals surface area contributed by atoms with Gasteiger partial charge in [-0.2, -0.15) is 0 Å². The number of benzene rings is 1. The summed E-state index contributed by atoms with van der Waals surface area (Å²) in [5.74, 6) is 6.82. The van der Waals surface area contributed by atoms with E-state index in [9.17, 15) is 5.11 Å². The van der Waals surface area contributed by atoms with Crippen molar-refractivity contribution >= 4 is 5.69 Å². The minimum Gasteiger partial charge on any atom is -0.392 e. The average molecular weight is 285 g/mol. The molecule has 0 bridgehead atoms. The molecule has 2 rings (SSSR count). The number of unbranched alkanes of at least 4 members (excludes halogenated alkanes) is 4. The summed E-state index contributed by atoms with van der Waals surface area (Å²) in [6, 6.07) is 8.46. The normalized spacial score (nSPS) is 17.6.